The smallest absolute Gasteiger partial charge is 0.255 e. The molecule has 0 bridgehead atoms. The van der Waals surface area contributed by atoms with Crippen LogP contribution < -0.4 is 10.1 Å². The molecule has 0 radical (unpaired) electrons. The monoisotopic (exact) mass is 337 g/mol. The van der Waals surface area contributed by atoms with Crippen molar-refractivity contribution in [3.05, 3.63) is 65.7 Å². The molecule has 4 rings (SSSR count). The summed E-state index contributed by atoms with van der Waals surface area (Å²) in [6.07, 6.45) is 3.83. The summed E-state index contributed by atoms with van der Waals surface area (Å²) in [5, 5.41) is 3.15. The number of nitrogens with one attached hydrogen (secondary N) is 1. The topological polar surface area (TPSA) is 50.9 Å². The van der Waals surface area contributed by atoms with E-state index in [1.54, 1.807) is 13.2 Å². The number of carbonyl (C=O) groups is 1. The summed E-state index contributed by atoms with van der Waals surface area (Å²) in [4.78, 5) is 12.7. The van der Waals surface area contributed by atoms with E-state index in [0.29, 0.717) is 30.1 Å². The van der Waals surface area contributed by atoms with Crippen LogP contribution in [0.3, 0.4) is 0 Å². The van der Waals surface area contributed by atoms with Crippen LogP contribution in [0.4, 0.5) is 0 Å². The summed E-state index contributed by atoms with van der Waals surface area (Å²) >= 11 is 0. The van der Waals surface area contributed by atoms with Gasteiger partial charge in [0.25, 0.3) is 5.91 Å². The highest BCUT2D eigenvalue weighted by Crippen LogP contribution is 2.47. The molecule has 25 heavy (non-hydrogen) atoms. The molecule has 2 fully saturated rings. The minimum atomic E-state index is -0.0911. The molecular formula is C21H23NO3. The number of ether oxygens (including phenoxy) is 2. The van der Waals surface area contributed by atoms with Crippen molar-refractivity contribution in [2.45, 2.75) is 36.9 Å². The zero-order valence-corrected chi connectivity index (χ0v) is 14.4. The SMILES string of the molecule is COc1ccccc1C(=O)NCC1(c2ccccc2)CCC2OC2C1. The fourth-order valence-corrected chi connectivity index (χ4v) is 4.01. The lowest BCUT2D eigenvalue weighted by molar-refractivity contribution is 0.0935. The maximum absolute atomic E-state index is 12.7. The van der Waals surface area contributed by atoms with Crippen LogP contribution in [0.1, 0.15) is 35.2 Å². The summed E-state index contributed by atoms with van der Waals surface area (Å²) in [5.74, 6) is 0.509. The third kappa shape index (κ3) is 3.14. The van der Waals surface area contributed by atoms with Gasteiger partial charge >= 0.3 is 0 Å². The number of para-hydroxylation sites is 1. The molecule has 1 saturated heterocycles. The summed E-state index contributed by atoms with van der Waals surface area (Å²) in [7, 11) is 1.59. The van der Waals surface area contributed by atoms with Gasteiger partial charge in [0.2, 0.25) is 0 Å². The van der Waals surface area contributed by atoms with E-state index in [-0.39, 0.29) is 11.3 Å². The molecule has 4 heteroatoms. The lowest BCUT2D eigenvalue weighted by Gasteiger charge is -2.36. The predicted octanol–water partition coefficient (Wildman–Crippen LogP) is 3.31. The van der Waals surface area contributed by atoms with Crippen molar-refractivity contribution in [1.82, 2.24) is 5.32 Å². The van der Waals surface area contributed by atoms with Gasteiger partial charge in [-0.2, -0.15) is 0 Å². The third-order valence-electron chi connectivity index (χ3n) is 5.51. The van der Waals surface area contributed by atoms with E-state index in [9.17, 15) is 4.79 Å². The van der Waals surface area contributed by atoms with Gasteiger partial charge in [0.15, 0.2) is 0 Å². The van der Waals surface area contributed by atoms with Crippen LogP contribution in [-0.4, -0.2) is 31.8 Å². The highest BCUT2D eigenvalue weighted by molar-refractivity contribution is 5.96. The van der Waals surface area contributed by atoms with Gasteiger partial charge in [-0.1, -0.05) is 42.5 Å². The molecule has 1 amide bonds. The van der Waals surface area contributed by atoms with Crippen LogP contribution in [0, 0.1) is 0 Å². The van der Waals surface area contributed by atoms with Crippen molar-refractivity contribution in [2.24, 2.45) is 0 Å². The molecule has 3 atom stereocenters. The standard InChI is InChI=1S/C21H23NO3/c1-24-17-10-6-5-9-16(17)20(23)22-14-21(15-7-3-2-4-8-15)12-11-18-19(13-21)25-18/h2-10,18-19H,11-14H2,1H3,(H,22,23). The Hall–Kier alpha value is -2.33. The number of methoxy groups -OCH3 is 1. The number of amides is 1. The number of hydrogen-bond acceptors (Lipinski definition) is 3. The van der Waals surface area contributed by atoms with E-state index in [2.05, 4.69) is 29.6 Å². The largest absolute Gasteiger partial charge is 0.496 e. The number of fused-ring (bicyclic) bond motifs is 1. The molecule has 1 heterocycles. The zero-order chi connectivity index (χ0) is 17.3. The van der Waals surface area contributed by atoms with E-state index >= 15 is 0 Å². The van der Waals surface area contributed by atoms with Crippen molar-refractivity contribution >= 4 is 5.91 Å². The van der Waals surface area contributed by atoms with Gasteiger partial charge in [0.05, 0.1) is 24.9 Å². The van der Waals surface area contributed by atoms with Crippen molar-refractivity contribution in [3.8, 4) is 5.75 Å². The van der Waals surface area contributed by atoms with Crippen LogP contribution in [0.2, 0.25) is 0 Å². The molecule has 1 aliphatic carbocycles. The van der Waals surface area contributed by atoms with Gasteiger partial charge in [0, 0.05) is 12.0 Å². The molecule has 2 aromatic rings. The normalized spacial score (nSPS) is 27.2. The van der Waals surface area contributed by atoms with Gasteiger partial charge in [0.1, 0.15) is 5.75 Å². The number of carbonyl (C=O) groups excluding carboxylic acids is 1. The lowest BCUT2D eigenvalue weighted by Crippen LogP contribution is -2.44. The van der Waals surface area contributed by atoms with E-state index in [4.69, 9.17) is 9.47 Å². The van der Waals surface area contributed by atoms with E-state index in [1.807, 2.05) is 24.3 Å². The lowest BCUT2D eigenvalue weighted by atomic mass is 9.69. The van der Waals surface area contributed by atoms with Crippen LogP contribution in [0.25, 0.3) is 0 Å². The molecule has 0 spiro atoms. The first kappa shape index (κ1) is 16.2. The number of epoxide rings is 1. The van der Waals surface area contributed by atoms with Crippen LogP contribution in [-0.2, 0) is 10.2 Å². The molecule has 130 valence electrons. The molecule has 3 unspecified atom stereocenters. The first-order valence-corrected chi connectivity index (χ1v) is 8.84. The zero-order valence-electron chi connectivity index (χ0n) is 14.4. The Morgan fingerprint density at radius 3 is 2.68 bits per heavy atom. The van der Waals surface area contributed by atoms with Crippen molar-refractivity contribution < 1.29 is 14.3 Å². The van der Waals surface area contributed by atoms with Crippen molar-refractivity contribution in [3.63, 3.8) is 0 Å². The highest BCUT2D eigenvalue weighted by Gasteiger charge is 2.51. The fraction of sp³-hybridized carbons (Fsp3) is 0.381. The highest BCUT2D eigenvalue weighted by atomic mass is 16.6. The van der Waals surface area contributed by atoms with Crippen LogP contribution >= 0.6 is 0 Å². The average molecular weight is 337 g/mol. The first-order chi connectivity index (χ1) is 12.2. The van der Waals surface area contributed by atoms with Crippen LogP contribution in [0.15, 0.2) is 54.6 Å². The van der Waals surface area contributed by atoms with Gasteiger partial charge in [-0.25, -0.2) is 0 Å². The Kier molecular flexibility index (Phi) is 4.22. The van der Waals surface area contributed by atoms with Gasteiger partial charge in [-0.15, -0.1) is 0 Å². The maximum atomic E-state index is 12.7. The Morgan fingerprint density at radius 2 is 1.92 bits per heavy atom. The summed E-state index contributed by atoms with van der Waals surface area (Å²) in [5.41, 5.74) is 1.80. The van der Waals surface area contributed by atoms with Crippen LogP contribution in [0.5, 0.6) is 5.75 Å². The summed E-state index contributed by atoms with van der Waals surface area (Å²) < 4.78 is 11.1. The second-order valence-electron chi connectivity index (χ2n) is 6.99. The van der Waals surface area contributed by atoms with Gasteiger partial charge < -0.3 is 14.8 Å². The van der Waals surface area contributed by atoms with Crippen molar-refractivity contribution in [2.75, 3.05) is 13.7 Å². The second kappa shape index (κ2) is 6.52. The van der Waals surface area contributed by atoms with E-state index in [0.717, 1.165) is 19.3 Å². The quantitative estimate of drug-likeness (QED) is 0.852. The Balaban J connectivity index is 1.54. The summed E-state index contributed by atoms with van der Waals surface area (Å²) in [6.45, 7) is 0.612. The third-order valence-corrected chi connectivity index (χ3v) is 5.51. The fourth-order valence-electron chi connectivity index (χ4n) is 4.01. The molecule has 2 aliphatic rings. The Morgan fingerprint density at radius 1 is 1.16 bits per heavy atom. The number of benzene rings is 2. The Bertz CT molecular complexity index is 761. The minimum Gasteiger partial charge on any atom is -0.496 e. The maximum Gasteiger partial charge on any atom is 0.255 e. The number of hydrogen-bond donors (Lipinski definition) is 1. The van der Waals surface area contributed by atoms with Gasteiger partial charge in [-0.3, -0.25) is 4.79 Å². The molecular weight excluding hydrogens is 314 g/mol. The minimum absolute atomic E-state index is 0.0589. The molecule has 1 saturated carbocycles. The van der Waals surface area contributed by atoms with E-state index < -0.39 is 0 Å². The molecule has 1 aliphatic heterocycles. The predicted molar refractivity (Wildman–Crippen MR) is 96.0 cm³/mol. The average Bonchev–Trinajstić information content (AvgIpc) is 3.45. The van der Waals surface area contributed by atoms with Gasteiger partial charge in [-0.05, 0) is 37.0 Å². The van der Waals surface area contributed by atoms with E-state index in [1.165, 1.54) is 5.56 Å². The molecule has 0 aromatic heterocycles. The molecule has 2 aromatic carbocycles. The molecule has 1 N–H and O–H groups in total. The second-order valence-corrected chi connectivity index (χ2v) is 6.99. The Labute approximate surface area is 148 Å². The number of rotatable bonds is 5. The first-order valence-electron chi connectivity index (χ1n) is 8.84. The summed E-state index contributed by atoms with van der Waals surface area (Å²) in [6, 6.07) is 17.8. The van der Waals surface area contributed by atoms with Crippen molar-refractivity contribution in [1.29, 1.82) is 0 Å². The molecule has 4 nitrogen and oxygen atoms in total.